The molecule has 2 nitrogen and oxygen atoms in total. The molecule has 0 saturated carbocycles. The monoisotopic (exact) mass is 436 g/mol. The summed E-state index contributed by atoms with van der Waals surface area (Å²) < 4.78 is 3.05. The second-order valence-corrected chi connectivity index (χ2v) is 6.58. The summed E-state index contributed by atoms with van der Waals surface area (Å²) in [6, 6.07) is 11.5. The molecule has 20 heavy (non-hydrogen) atoms. The number of fused-ring (bicyclic) bond motifs is 1. The highest BCUT2D eigenvalue weighted by atomic mass is 127. The summed E-state index contributed by atoms with van der Waals surface area (Å²) in [6.45, 7) is 0. The van der Waals surface area contributed by atoms with E-state index >= 15 is 0 Å². The van der Waals surface area contributed by atoms with E-state index in [9.17, 15) is 0 Å². The average Bonchev–Trinajstić information content (AvgIpc) is 2.76. The van der Waals surface area contributed by atoms with Crippen LogP contribution in [0.5, 0.6) is 0 Å². The molecule has 0 amide bonds. The summed E-state index contributed by atoms with van der Waals surface area (Å²) in [5.41, 5.74) is 2.61. The van der Waals surface area contributed by atoms with Gasteiger partial charge in [-0.2, -0.15) is 0 Å². The predicted molar refractivity (Wildman–Crippen MR) is 93.4 cm³/mol. The largest absolute Gasteiger partial charge is 0.294 e. The first kappa shape index (κ1) is 14.4. The highest BCUT2D eigenvalue weighted by Gasteiger charge is 2.14. The molecule has 1 aromatic heterocycles. The van der Waals surface area contributed by atoms with Crippen molar-refractivity contribution in [1.29, 1.82) is 0 Å². The lowest BCUT2D eigenvalue weighted by Crippen LogP contribution is -2.00. The summed E-state index contributed by atoms with van der Waals surface area (Å²) >= 11 is 20.6. The Bertz CT molecular complexity index is 798. The molecule has 0 spiro atoms. The maximum atomic E-state index is 6.36. The minimum atomic E-state index is 0.300. The lowest BCUT2D eigenvalue weighted by Gasteiger charge is -2.10. The first-order valence-electron chi connectivity index (χ1n) is 5.78. The van der Waals surface area contributed by atoms with Crippen LogP contribution in [0, 0.1) is 3.57 Å². The minimum Gasteiger partial charge on any atom is -0.294 e. The van der Waals surface area contributed by atoms with Crippen molar-refractivity contribution >= 4 is 68.4 Å². The lowest BCUT2D eigenvalue weighted by molar-refractivity contribution is 0.981. The van der Waals surface area contributed by atoms with E-state index in [1.54, 1.807) is 0 Å². The SMILES string of the molecule is ClCc1nc2cc(Cl)ccc2n1-c1ccc(I)cc1Cl. The standard InChI is InChI=1S/C14H8Cl3IN2/c15-7-14-19-11-5-8(16)1-3-13(11)20(14)12-4-2-9(18)6-10(12)17/h1-6H,7H2. The Kier molecular flexibility index (Phi) is 4.13. The van der Waals surface area contributed by atoms with E-state index in [0.29, 0.717) is 15.9 Å². The quantitative estimate of drug-likeness (QED) is 0.373. The number of hydrogen-bond acceptors (Lipinski definition) is 1. The molecule has 0 atom stereocenters. The molecule has 0 aliphatic heterocycles. The zero-order valence-corrected chi connectivity index (χ0v) is 14.5. The molecular weight excluding hydrogens is 429 g/mol. The number of alkyl halides is 1. The molecule has 102 valence electrons. The normalized spacial score (nSPS) is 11.2. The maximum absolute atomic E-state index is 6.36. The topological polar surface area (TPSA) is 17.8 Å². The van der Waals surface area contributed by atoms with E-state index in [1.807, 2.05) is 41.0 Å². The minimum absolute atomic E-state index is 0.300. The Morgan fingerprint density at radius 2 is 1.90 bits per heavy atom. The van der Waals surface area contributed by atoms with Gasteiger partial charge >= 0.3 is 0 Å². The van der Waals surface area contributed by atoms with Crippen LogP contribution in [0.25, 0.3) is 16.7 Å². The summed E-state index contributed by atoms with van der Waals surface area (Å²) in [7, 11) is 0. The van der Waals surface area contributed by atoms with E-state index in [2.05, 4.69) is 27.6 Å². The van der Waals surface area contributed by atoms with E-state index in [1.165, 1.54) is 0 Å². The van der Waals surface area contributed by atoms with Gasteiger partial charge in [0.15, 0.2) is 0 Å². The van der Waals surface area contributed by atoms with Gasteiger partial charge in [-0.05, 0) is 59.0 Å². The van der Waals surface area contributed by atoms with Crippen molar-refractivity contribution in [3.63, 3.8) is 0 Å². The Morgan fingerprint density at radius 3 is 2.60 bits per heavy atom. The molecule has 0 fully saturated rings. The van der Waals surface area contributed by atoms with Crippen molar-refractivity contribution < 1.29 is 0 Å². The van der Waals surface area contributed by atoms with Crippen molar-refractivity contribution in [3.05, 3.63) is 55.8 Å². The van der Waals surface area contributed by atoms with E-state index in [-0.39, 0.29) is 0 Å². The van der Waals surface area contributed by atoms with Crippen molar-refractivity contribution in [2.24, 2.45) is 0 Å². The molecule has 0 N–H and O–H groups in total. The Balaban J connectivity index is 2.34. The average molecular weight is 437 g/mol. The van der Waals surface area contributed by atoms with Gasteiger partial charge in [-0.25, -0.2) is 4.98 Å². The van der Waals surface area contributed by atoms with Gasteiger partial charge in [-0.1, -0.05) is 23.2 Å². The molecule has 6 heteroatoms. The van der Waals surface area contributed by atoms with Crippen LogP contribution in [0.4, 0.5) is 0 Å². The van der Waals surface area contributed by atoms with Gasteiger partial charge in [-0.3, -0.25) is 4.57 Å². The summed E-state index contributed by atoms with van der Waals surface area (Å²) in [5, 5.41) is 1.31. The maximum Gasteiger partial charge on any atom is 0.129 e. The van der Waals surface area contributed by atoms with Gasteiger partial charge in [0.25, 0.3) is 0 Å². The van der Waals surface area contributed by atoms with Crippen LogP contribution in [0.15, 0.2) is 36.4 Å². The van der Waals surface area contributed by atoms with Gasteiger partial charge < -0.3 is 0 Å². The fourth-order valence-corrected chi connectivity index (χ4v) is 3.41. The summed E-state index contributed by atoms with van der Waals surface area (Å²) in [5.74, 6) is 1.04. The van der Waals surface area contributed by atoms with Gasteiger partial charge in [0.05, 0.1) is 27.6 Å². The molecule has 3 aromatic rings. The van der Waals surface area contributed by atoms with Crippen LogP contribution in [0.2, 0.25) is 10.0 Å². The first-order valence-corrected chi connectivity index (χ1v) is 8.15. The summed E-state index contributed by atoms with van der Waals surface area (Å²) in [4.78, 5) is 4.52. The smallest absolute Gasteiger partial charge is 0.129 e. The fourth-order valence-electron chi connectivity index (χ4n) is 2.12. The Morgan fingerprint density at radius 1 is 1.10 bits per heavy atom. The third kappa shape index (κ3) is 2.52. The number of hydrogen-bond donors (Lipinski definition) is 0. The third-order valence-electron chi connectivity index (χ3n) is 2.96. The van der Waals surface area contributed by atoms with Crippen LogP contribution in [0.1, 0.15) is 5.82 Å². The number of aromatic nitrogens is 2. The molecule has 1 heterocycles. The number of benzene rings is 2. The van der Waals surface area contributed by atoms with Crippen LogP contribution in [0.3, 0.4) is 0 Å². The molecule has 2 aromatic carbocycles. The number of rotatable bonds is 2. The third-order valence-corrected chi connectivity index (χ3v) is 4.40. The number of nitrogens with zero attached hydrogens (tertiary/aromatic N) is 2. The number of halogens is 4. The molecule has 0 bridgehead atoms. The predicted octanol–water partition coefficient (Wildman–Crippen LogP) is 5.68. The van der Waals surface area contributed by atoms with Crippen LogP contribution in [-0.4, -0.2) is 9.55 Å². The van der Waals surface area contributed by atoms with E-state index in [0.717, 1.165) is 26.1 Å². The van der Waals surface area contributed by atoms with Gasteiger partial charge in [-0.15, -0.1) is 11.6 Å². The highest BCUT2D eigenvalue weighted by Crippen LogP contribution is 2.30. The Labute approximate surface area is 144 Å². The lowest BCUT2D eigenvalue weighted by atomic mass is 10.2. The fraction of sp³-hybridized carbons (Fsp3) is 0.0714. The summed E-state index contributed by atoms with van der Waals surface area (Å²) in [6.07, 6.45) is 0. The molecule has 0 aliphatic rings. The van der Waals surface area contributed by atoms with Gasteiger partial charge in [0.1, 0.15) is 5.82 Å². The second kappa shape index (κ2) is 5.72. The van der Waals surface area contributed by atoms with E-state index < -0.39 is 0 Å². The molecule has 0 saturated heterocycles. The molecule has 3 rings (SSSR count). The molecular formula is C14H8Cl3IN2. The zero-order valence-electron chi connectivity index (χ0n) is 10.1. The van der Waals surface area contributed by atoms with Crippen LogP contribution in [-0.2, 0) is 5.88 Å². The van der Waals surface area contributed by atoms with Crippen molar-refractivity contribution in [1.82, 2.24) is 9.55 Å². The zero-order chi connectivity index (χ0) is 14.3. The number of imidazole rings is 1. The Hall–Kier alpha value is -0.490. The first-order chi connectivity index (χ1) is 9.60. The van der Waals surface area contributed by atoms with Crippen molar-refractivity contribution in [3.8, 4) is 5.69 Å². The molecule has 0 aliphatic carbocycles. The molecule has 0 radical (unpaired) electrons. The molecule has 0 unspecified atom stereocenters. The van der Waals surface area contributed by atoms with Crippen molar-refractivity contribution in [2.75, 3.05) is 0 Å². The van der Waals surface area contributed by atoms with Crippen LogP contribution >= 0.6 is 57.4 Å². The second-order valence-electron chi connectivity index (χ2n) is 4.23. The highest BCUT2D eigenvalue weighted by molar-refractivity contribution is 14.1. The van der Waals surface area contributed by atoms with Gasteiger partial charge in [0, 0.05) is 8.59 Å². The van der Waals surface area contributed by atoms with Gasteiger partial charge in [0.2, 0.25) is 0 Å². The van der Waals surface area contributed by atoms with E-state index in [4.69, 9.17) is 34.8 Å². The van der Waals surface area contributed by atoms with Crippen molar-refractivity contribution in [2.45, 2.75) is 5.88 Å². The van der Waals surface area contributed by atoms with Crippen LogP contribution < -0.4 is 0 Å².